The van der Waals surface area contributed by atoms with Crippen molar-refractivity contribution in [2.75, 3.05) is 44.8 Å². The summed E-state index contributed by atoms with van der Waals surface area (Å²) in [7, 11) is 1.67. The summed E-state index contributed by atoms with van der Waals surface area (Å²) in [5.74, 6) is -0.00979. The van der Waals surface area contributed by atoms with Crippen LogP contribution in [0.25, 0.3) is 0 Å². The number of hydrogen-bond acceptors (Lipinski definition) is 7. The van der Waals surface area contributed by atoms with Gasteiger partial charge in [0.15, 0.2) is 22.5 Å². The Balaban J connectivity index is 0.00000169. The van der Waals surface area contributed by atoms with Gasteiger partial charge in [-0.3, -0.25) is 9.59 Å². The number of methoxy groups -OCH3 is 1. The average molecular weight is 641 g/mol. The number of halogens is 1. The highest BCUT2D eigenvalue weighted by Gasteiger charge is 2.35. The number of nitrogens with one attached hydrogen (secondary N) is 1. The van der Waals surface area contributed by atoms with Gasteiger partial charge in [0.25, 0.3) is 5.91 Å². The number of nitrogens with zero attached hydrogens (tertiary/aromatic N) is 3. The van der Waals surface area contributed by atoms with E-state index in [0.29, 0.717) is 5.56 Å². The molecule has 1 fully saturated rings. The molecule has 2 aromatic carbocycles. The van der Waals surface area contributed by atoms with Crippen molar-refractivity contribution in [3.05, 3.63) is 76.1 Å². The van der Waals surface area contributed by atoms with Crippen molar-refractivity contribution in [1.29, 1.82) is 0 Å². The molecular weight excluding hydrogens is 590 g/mol. The number of nitrogens with two attached hydrogens (primary N) is 3. The van der Waals surface area contributed by atoms with Gasteiger partial charge in [0.1, 0.15) is 5.75 Å². The minimum absolute atomic E-state index is 0.00445. The highest BCUT2D eigenvalue weighted by Crippen LogP contribution is 2.24. The normalized spacial score (nSPS) is 17.2. The van der Waals surface area contributed by atoms with Crippen LogP contribution in [0.3, 0.4) is 0 Å². The molecule has 2 unspecified atom stereocenters. The Kier molecular flexibility index (Phi) is 15.6. The van der Waals surface area contributed by atoms with Crippen molar-refractivity contribution in [2.45, 2.75) is 72.3 Å². The van der Waals surface area contributed by atoms with Crippen LogP contribution in [0.2, 0.25) is 5.15 Å². The van der Waals surface area contributed by atoms with Gasteiger partial charge in [-0.1, -0.05) is 63.6 Å². The lowest BCUT2D eigenvalue weighted by atomic mass is 9.99. The van der Waals surface area contributed by atoms with Crippen molar-refractivity contribution in [3.8, 4) is 5.75 Å². The molecule has 10 nitrogen and oxygen atoms in total. The topological polar surface area (TPSA) is 159 Å². The van der Waals surface area contributed by atoms with E-state index in [2.05, 4.69) is 27.4 Å². The highest BCUT2D eigenvalue weighted by atomic mass is 35.5. The number of ether oxygens (including phenoxy) is 1. The minimum Gasteiger partial charge on any atom is -0.497 e. The molecule has 45 heavy (non-hydrogen) atoms. The number of aryl methyl sites for hydroxylation is 2. The van der Waals surface area contributed by atoms with E-state index in [0.717, 1.165) is 74.9 Å². The summed E-state index contributed by atoms with van der Waals surface area (Å²) in [6.07, 6.45) is 5.72. The second kappa shape index (κ2) is 18.8. The maximum absolute atomic E-state index is 13.1. The van der Waals surface area contributed by atoms with Crippen molar-refractivity contribution < 1.29 is 18.8 Å². The molecule has 0 radical (unpaired) electrons. The number of carbonyl (C=O) groups is 2. The SMILES string of the molecule is CC.CC.COc1ccc(CCC[N+]2(CCCc3ccc(C(N)=O)cc3)CCCC(NC(=O)c3nc(Cl)c(N)nc3N)C2)cc1. The van der Waals surface area contributed by atoms with E-state index in [9.17, 15) is 9.59 Å². The van der Waals surface area contributed by atoms with Crippen LogP contribution in [0.5, 0.6) is 5.75 Å². The molecule has 7 N–H and O–H groups in total. The summed E-state index contributed by atoms with van der Waals surface area (Å²) in [6, 6.07) is 15.7. The molecule has 1 aliphatic heterocycles. The van der Waals surface area contributed by atoms with Crippen LogP contribution in [-0.2, 0) is 12.8 Å². The molecule has 11 heteroatoms. The Hall–Kier alpha value is -3.89. The number of amides is 2. The van der Waals surface area contributed by atoms with Crippen LogP contribution in [-0.4, -0.2) is 65.6 Å². The third-order valence-corrected chi connectivity index (χ3v) is 8.12. The van der Waals surface area contributed by atoms with E-state index >= 15 is 0 Å². The number of hydrogen-bond donors (Lipinski definition) is 4. The molecule has 3 aromatic rings. The predicted octanol–water partition coefficient (Wildman–Crippen LogP) is 5.43. The number of piperidine rings is 1. The molecule has 1 saturated heterocycles. The van der Waals surface area contributed by atoms with E-state index in [1.807, 2.05) is 52.0 Å². The highest BCUT2D eigenvalue weighted by molar-refractivity contribution is 6.31. The maximum atomic E-state index is 13.1. The quantitative estimate of drug-likeness (QED) is 0.192. The number of quaternary nitrogens is 1. The third kappa shape index (κ3) is 11.2. The Morgan fingerprint density at radius 1 is 0.911 bits per heavy atom. The predicted molar refractivity (Wildman–Crippen MR) is 183 cm³/mol. The van der Waals surface area contributed by atoms with Crippen LogP contribution in [0, 0.1) is 0 Å². The number of benzene rings is 2. The Morgan fingerprint density at radius 3 is 2.00 bits per heavy atom. The van der Waals surface area contributed by atoms with Gasteiger partial charge < -0.3 is 31.7 Å². The Bertz CT molecular complexity index is 1350. The molecule has 1 aliphatic rings. The first-order valence-electron chi connectivity index (χ1n) is 15.9. The number of aromatic nitrogens is 2. The number of primary amides is 1. The lowest BCUT2D eigenvalue weighted by Gasteiger charge is -2.45. The van der Waals surface area contributed by atoms with Gasteiger partial charge in [0.2, 0.25) is 5.91 Å². The first-order valence-corrected chi connectivity index (χ1v) is 16.3. The summed E-state index contributed by atoms with van der Waals surface area (Å²) >= 11 is 6.01. The van der Waals surface area contributed by atoms with Crippen LogP contribution in [0.15, 0.2) is 48.5 Å². The number of likely N-dealkylation sites (tertiary alicyclic amines) is 1. The Labute approximate surface area is 273 Å². The summed E-state index contributed by atoms with van der Waals surface area (Å²) in [5.41, 5.74) is 19.9. The average Bonchev–Trinajstić information content (AvgIpc) is 3.05. The smallest absolute Gasteiger partial charge is 0.274 e. The third-order valence-electron chi connectivity index (χ3n) is 7.84. The fourth-order valence-electron chi connectivity index (χ4n) is 5.69. The molecule has 0 spiro atoms. The summed E-state index contributed by atoms with van der Waals surface area (Å²) < 4.78 is 6.20. The monoisotopic (exact) mass is 640 g/mol. The largest absolute Gasteiger partial charge is 0.497 e. The van der Waals surface area contributed by atoms with E-state index in [1.54, 1.807) is 19.2 Å². The van der Waals surface area contributed by atoms with Gasteiger partial charge in [-0.25, -0.2) is 9.97 Å². The Morgan fingerprint density at radius 2 is 1.47 bits per heavy atom. The summed E-state index contributed by atoms with van der Waals surface area (Å²) in [6.45, 7) is 11.8. The molecule has 4 rings (SSSR count). The van der Waals surface area contributed by atoms with Crippen LogP contribution < -0.4 is 27.3 Å². The van der Waals surface area contributed by atoms with E-state index in [-0.39, 0.29) is 28.5 Å². The van der Waals surface area contributed by atoms with Crippen molar-refractivity contribution >= 4 is 35.1 Å². The molecule has 2 amide bonds. The van der Waals surface area contributed by atoms with Crippen molar-refractivity contribution in [2.24, 2.45) is 5.73 Å². The van der Waals surface area contributed by atoms with Crippen LogP contribution >= 0.6 is 11.6 Å². The zero-order valence-electron chi connectivity index (χ0n) is 27.4. The second-order valence-electron chi connectivity index (χ2n) is 10.8. The molecule has 2 atom stereocenters. The fraction of sp³-hybridized carbons (Fsp3) is 0.471. The fourth-order valence-corrected chi connectivity index (χ4v) is 5.81. The first-order chi connectivity index (χ1) is 21.7. The van der Waals surface area contributed by atoms with Crippen LogP contribution in [0.1, 0.15) is 85.4 Å². The zero-order chi connectivity index (χ0) is 33.4. The standard InChI is InChI=1S/C30H38ClN7O3.2C2H6/c1-41-24-14-10-21(11-15-24)6-3-17-38(16-2-5-20-8-12-22(13-9-20)29(34)39)18-4-7-23(19-38)35-30(40)25-27(32)37-28(33)26(31)36-25;2*1-2/h8-15,23H,2-7,16-19H2,1H3,(H6-,32,33,34,35,37,39,40);2*1-2H3/p+1. The second-order valence-corrected chi connectivity index (χ2v) is 11.1. The lowest BCUT2D eigenvalue weighted by Crippen LogP contribution is -2.60. The van der Waals surface area contributed by atoms with Gasteiger partial charge in [-0.2, -0.15) is 0 Å². The molecule has 0 saturated carbocycles. The van der Waals surface area contributed by atoms with Gasteiger partial charge in [-0.05, 0) is 61.1 Å². The maximum Gasteiger partial charge on any atom is 0.274 e. The first kappa shape index (κ1) is 37.3. The van der Waals surface area contributed by atoms with Gasteiger partial charge in [0.05, 0.1) is 39.3 Å². The zero-order valence-corrected chi connectivity index (χ0v) is 28.2. The van der Waals surface area contributed by atoms with Crippen molar-refractivity contribution in [1.82, 2.24) is 15.3 Å². The molecular formula is C34H51ClN7O3+. The summed E-state index contributed by atoms with van der Waals surface area (Å²) in [4.78, 5) is 32.5. The number of nitrogen functional groups attached to an aromatic ring is 2. The van der Waals surface area contributed by atoms with Gasteiger partial charge in [-0.15, -0.1) is 0 Å². The minimum atomic E-state index is -0.423. The number of anilines is 2. The molecule has 1 aromatic heterocycles. The molecule has 2 heterocycles. The molecule has 246 valence electrons. The van der Waals surface area contributed by atoms with Crippen LogP contribution in [0.4, 0.5) is 11.6 Å². The van der Waals surface area contributed by atoms with E-state index in [1.165, 1.54) is 11.1 Å². The molecule has 0 aliphatic carbocycles. The van der Waals surface area contributed by atoms with Crippen molar-refractivity contribution in [3.63, 3.8) is 0 Å². The molecule has 0 bridgehead atoms. The number of rotatable bonds is 12. The number of carbonyl (C=O) groups excluding carboxylic acids is 2. The van der Waals surface area contributed by atoms with Gasteiger partial charge in [0, 0.05) is 18.4 Å². The lowest BCUT2D eigenvalue weighted by molar-refractivity contribution is -0.933. The summed E-state index contributed by atoms with van der Waals surface area (Å²) in [5, 5.41) is 3.09. The van der Waals surface area contributed by atoms with E-state index in [4.69, 9.17) is 33.5 Å². The van der Waals surface area contributed by atoms with E-state index < -0.39 is 11.8 Å². The van der Waals surface area contributed by atoms with Gasteiger partial charge >= 0.3 is 0 Å².